The van der Waals surface area contributed by atoms with E-state index in [4.69, 9.17) is 9.16 Å². The zero-order chi connectivity index (χ0) is 17.0. The van der Waals surface area contributed by atoms with Crippen LogP contribution in [0.25, 0.3) is 5.57 Å². The van der Waals surface area contributed by atoms with Crippen molar-refractivity contribution in [2.45, 2.75) is 27.7 Å². The Morgan fingerprint density at radius 2 is 1.57 bits per heavy atom. The molecule has 0 atom stereocenters. The van der Waals surface area contributed by atoms with Crippen molar-refractivity contribution in [3.05, 3.63) is 59.7 Å². The van der Waals surface area contributed by atoms with Gasteiger partial charge in [0.2, 0.25) is 0 Å². The van der Waals surface area contributed by atoms with Crippen molar-refractivity contribution in [2.24, 2.45) is 11.3 Å². The van der Waals surface area contributed by atoms with E-state index >= 15 is 0 Å². The van der Waals surface area contributed by atoms with Crippen molar-refractivity contribution in [3.63, 3.8) is 0 Å². The molecule has 1 aromatic carbocycles. The molecule has 0 aromatic heterocycles. The monoisotopic (exact) mass is 311 g/mol. The number of rotatable bonds is 4. The van der Waals surface area contributed by atoms with Crippen LogP contribution in [0, 0.1) is 11.3 Å². The zero-order valence-electron chi connectivity index (χ0n) is 15.0. The maximum Gasteiger partial charge on any atom is 0.343 e. The summed E-state index contributed by atoms with van der Waals surface area (Å²) in [5.41, 5.74) is 3.85. The second kappa shape index (κ2) is 6.99. The highest BCUT2D eigenvalue weighted by Crippen LogP contribution is 2.44. The first kappa shape index (κ1) is 17.3. The van der Waals surface area contributed by atoms with E-state index in [0.29, 0.717) is 5.92 Å². The molecular formula is C21H27O2+. The molecule has 0 amide bonds. The quantitative estimate of drug-likeness (QED) is 0.717. The maximum absolute atomic E-state index is 5.29. The second-order valence-corrected chi connectivity index (χ2v) is 6.71. The minimum Gasteiger partial charge on any atom is -0.497 e. The van der Waals surface area contributed by atoms with Crippen molar-refractivity contribution >= 4 is 11.4 Å². The average Bonchev–Trinajstić information content (AvgIpc) is 2.56. The Balaban J connectivity index is 2.60. The van der Waals surface area contributed by atoms with Crippen LogP contribution in [-0.4, -0.2) is 20.0 Å². The van der Waals surface area contributed by atoms with Crippen LogP contribution in [0.2, 0.25) is 0 Å². The largest absolute Gasteiger partial charge is 0.497 e. The predicted octanol–water partition coefficient (Wildman–Crippen LogP) is 4.99. The minimum absolute atomic E-state index is 0.0448. The molecule has 1 aromatic rings. The number of hydrogen-bond donors (Lipinski definition) is 0. The Bertz CT molecular complexity index is 650. The average molecular weight is 311 g/mol. The lowest BCUT2D eigenvalue weighted by molar-refractivity contribution is -0.417. The molecule has 0 saturated heterocycles. The first-order valence-corrected chi connectivity index (χ1v) is 8.06. The molecule has 2 rings (SSSR count). The van der Waals surface area contributed by atoms with Crippen molar-refractivity contribution < 1.29 is 9.16 Å². The summed E-state index contributed by atoms with van der Waals surface area (Å²) in [5.74, 6) is 2.28. The van der Waals surface area contributed by atoms with E-state index in [1.165, 1.54) is 16.7 Å². The van der Waals surface area contributed by atoms with E-state index in [9.17, 15) is 0 Å². The van der Waals surface area contributed by atoms with Crippen LogP contribution in [0.1, 0.15) is 33.3 Å². The van der Waals surface area contributed by atoms with E-state index in [1.807, 2.05) is 24.3 Å². The van der Waals surface area contributed by atoms with Crippen LogP contribution in [0.5, 0.6) is 5.75 Å². The smallest absolute Gasteiger partial charge is 0.343 e. The van der Waals surface area contributed by atoms with Gasteiger partial charge in [-0.25, -0.2) is 0 Å². The van der Waals surface area contributed by atoms with Gasteiger partial charge < -0.3 is 4.74 Å². The summed E-state index contributed by atoms with van der Waals surface area (Å²) in [4.78, 5) is 0. The number of methoxy groups -OCH3 is 1. The summed E-state index contributed by atoms with van der Waals surface area (Å²) in [7, 11) is 3.39. The first-order chi connectivity index (χ1) is 10.9. The van der Waals surface area contributed by atoms with Crippen LogP contribution in [0.4, 0.5) is 0 Å². The van der Waals surface area contributed by atoms with E-state index in [1.54, 1.807) is 14.2 Å². The molecule has 2 nitrogen and oxygen atoms in total. The van der Waals surface area contributed by atoms with Gasteiger partial charge in [0.25, 0.3) is 7.11 Å². The third-order valence-electron chi connectivity index (χ3n) is 4.85. The molecule has 0 spiro atoms. The van der Waals surface area contributed by atoms with Gasteiger partial charge in [-0.2, -0.15) is 0 Å². The first-order valence-electron chi connectivity index (χ1n) is 8.06. The zero-order valence-corrected chi connectivity index (χ0v) is 15.0. The highest BCUT2D eigenvalue weighted by atomic mass is 16.5. The van der Waals surface area contributed by atoms with Gasteiger partial charge in [-0.3, -0.25) is 4.42 Å². The fourth-order valence-electron chi connectivity index (χ4n) is 2.71. The Morgan fingerprint density at radius 1 is 1.00 bits per heavy atom. The lowest BCUT2D eigenvalue weighted by Crippen LogP contribution is -2.22. The predicted molar refractivity (Wildman–Crippen MR) is 97.7 cm³/mol. The van der Waals surface area contributed by atoms with Crippen LogP contribution in [0.15, 0.2) is 54.1 Å². The molecular weight excluding hydrogens is 284 g/mol. The van der Waals surface area contributed by atoms with Crippen LogP contribution < -0.4 is 4.74 Å². The fourth-order valence-corrected chi connectivity index (χ4v) is 2.71. The summed E-state index contributed by atoms with van der Waals surface area (Å²) in [6, 6.07) is 8.33. The van der Waals surface area contributed by atoms with Gasteiger partial charge in [0, 0.05) is 12.2 Å². The van der Waals surface area contributed by atoms with Crippen LogP contribution in [0.3, 0.4) is 0 Å². The lowest BCUT2D eigenvalue weighted by atomic mass is 9.70. The third kappa shape index (κ3) is 3.64. The van der Waals surface area contributed by atoms with E-state index in [-0.39, 0.29) is 5.41 Å². The normalized spacial score (nSPS) is 14.4. The van der Waals surface area contributed by atoms with Crippen molar-refractivity contribution in [1.82, 2.24) is 0 Å². The molecule has 0 heterocycles. The molecule has 0 fully saturated rings. The molecule has 0 radical (unpaired) electrons. The maximum atomic E-state index is 5.29. The SMILES string of the molecule is COc1ccc(C(=C2C=CC(=[O+]C)C=C2)C(C)(C)C(C)C)cc1. The molecule has 0 aliphatic heterocycles. The molecule has 0 bridgehead atoms. The summed E-state index contributed by atoms with van der Waals surface area (Å²) >= 11 is 0. The molecule has 2 heteroatoms. The number of ether oxygens (including phenoxy) is 1. The molecule has 1 aliphatic rings. The fraction of sp³-hybridized carbons (Fsp3) is 0.381. The van der Waals surface area contributed by atoms with Gasteiger partial charge in [-0.1, -0.05) is 39.8 Å². The summed E-state index contributed by atoms with van der Waals surface area (Å²) < 4.78 is 10.6. The Kier molecular flexibility index (Phi) is 5.25. The number of benzene rings is 1. The number of hydrogen-bond acceptors (Lipinski definition) is 1. The Morgan fingerprint density at radius 3 is 2.00 bits per heavy atom. The van der Waals surface area contributed by atoms with Crippen LogP contribution in [-0.2, 0) is 4.42 Å². The third-order valence-corrected chi connectivity index (χ3v) is 4.85. The van der Waals surface area contributed by atoms with Gasteiger partial charge in [0.1, 0.15) is 5.75 Å². The Labute approximate surface area is 139 Å². The highest BCUT2D eigenvalue weighted by molar-refractivity contribution is 6.02. The summed E-state index contributed by atoms with van der Waals surface area (Å²) in [6.07, 6.45) is 8.33. The second-order valence-electron chi connectivity index (χ2n) is 6.71. The van der Waals surface area contributed by atoms with Crippen molar-refractivity contribution in [1.29, 1.82) is 0 Å². The highest BCUT2D eigenvalue weighted by Gasteiger charge is 2.30. The Hall–Kier alpha value is -2.09. The van der Waals surface area contributed by atoms with Gasteiger partial charge in [-0.15, -0.1) is 0 Å². The molecule has 122 valence electrons. The summed E-state index contributed by atoms with van der Waals surface area (Å²) in [6.45, 7) is 9.16. The molecule has 0 N–H and O–H groups in total. The topological polar surface area (TPSA) is 20.5 Å². The van der Waals surface area contributed by atoms with Crippen LogP contribution >= 0.6 is 0 Å². The molecule has 0 saturated carbocycles. The lowest BCUT2D eigenvalue weighted by Gasteiger charge is -2.34. The molecule has 23 heavy (non-hydrogen) atoms. The number of carbonyl (C=O) groups excluding carboxylic acids is 1. The molecule has 1 aliphatic carbocycles. The van der Waals surface area contributed by atoms with Gasteiger partial charge >= 0.3 is 5.78 Å². The number of allylic oxidation sites excluding steroid dienone is 6. The van der Waals surface area contributed by atoms with Gasteiger partial charge in [0.15, 0.2) is 0 Å². The van der Waals surface area contributed by atoms with Crippen molar-refractivity contribution in [2.75, 3.05) is 14.2 Å². The number of ketones is 1. The molecule has 0 unspecified atom stereocenters. The van der Waals surface area contributed by atoms with Crippen molar-refractivity contribution in [3.8, 4) is 5.75 Å². The minimum atomic E-state index is 0.0448. The summed E-state index contributed by atoms with van der Waals surface area (Å²) in [5, 5.41) is 0. The van der Waals surface area contributed by atoms with E-state index in [0.717, 1.165) is 11.5 Å². The van der Waals surface area contributed by atoms with E-state index in [2.05, 4.69) is 52.0 Å². The van der Waals surface area contributed by atoms with Gasteiger partial charge in [-0.05, 0) is 52.3 Å². The van der Waals surface area contributed by atoms with Gasteiger partial charge in [0.05, 0.1) is 7.11 Å². The standard InChI is InChI=1S/C21H27O2/c1-15(2)21(3,4)20(16-7-11-18(22-5)12-8-16)17-9-13-19(23-6)14-10-17/h7-15H,1-6H3/q+1. The van der Waals surface area contributed by atoms with E-state index < -0.39 is 0 Å².